The van der Waals surface area contributed by atoms with Crippen LogP contribution in [-0.4, -0.2) is 12.6 Å². The number of ether oxygens (including phenoxy) is 1. The number of carbonyl (C=O) groups is 1. The Labute approximate surface area is 205 Å². The maximum absolute atomic E-state index is 13.6. The Balaban J connectivity index is 1.55. The minimum atomic E-state index is -0.143. The summed E-state index contributed by atoms with van der Waals surface area (Å²) >= 11 is 0. The highest BCUT2D eigenvalue weighted by atomic mass is 16.5. The van der Waals surface area contributed by atoms with Crippen molar-refractivity contribution in [2.75, 3.05) is 11.5 Å². The van der Waals surface area contributed by atoms with E-state index in [0.717, 1.165) is 44.1 Å². The van der Waals surface area contributed by atoms with Crippen molar-refractivity contribution in [3.05, 3.63) is 120 Å². The van der Waals surface area contributed by atoms with Crippen LogP contribution >= 0.6 is 0 Å². The lowest BCUT2D eigenvalue weighted by molar-refractivity contribution is 0.245. The number of fused-ring (bicyclic) bond motifs is 2. The summed E-state index contributed by atoms with van der Waals surface area (Å²) < 4.78 is 5.62. The zero-order valence-electron chi connectivity index (χ0n) is 19.8. The second-order valence-electron chi connectivity index (χ2n) is 8.45. The average molecular weight is 461 g/mol. The molecule has 5 rings (SSSR count). The van der Waals surface area contributed by atoms with Crippen LogP contribution in [0.2, 0.25) is 0 Å². The van der Waals surface area contributed by atoms with Crippen LogP contribution in [0.5, 0.6) is 5.75 Å². The van der Waals surface area contributed by atoms with Gasteiger partial charge in [0.25, 0.3) is 0 Å². The minimum absolute atomic E-state index is 0.143. The molecule has 0 aliphatic rings. The summed E-state index contributed by atoms with van der Waals surface area (Å²) in [6.45, 7) is 3.46. The second kappa shape index (κ2) is 10.3. The average Bonchev–Trinajstić information content (AvgIpc) is 2.91. The molecule has 0 aliphatic heterocycles. The molecule has 4 nitrogen and oxygen atoms in total. The molecule has 1 N–H and O–H groups in total. The lowest BCUT2D eigenvalue weighted by Crippen LogP contribution is -2.39. The summed E-state index contributed by atoms with van der Waals surface area (Å²) in [5, 5.41) is 7.74. The normalized spacial score (nSPS) is 10.9. The van der Waals surface area contributed by atoms with Gasteiger partial charge in [0.2, 0.25) is 0 Å². The quantitative estimate of drug-likeness (QED) is 0.259. The predicted octanol–water partition coefficient (Wildman–Crippen LogP) is 7.31. The largest absolute Gasteiger partial charge is 0.494 e. The number of anilines is 1. The van der Waals surface area contributed by atoms with Gasteiger partial charge >= 0.3 is 6.03 Å². The number of nitrogens with one attached hydrogen (secondary N) is 1. The number of nitrogens with zero attached hydrogens (tertiary/aromatic N) is 1. The third-order valence-corrected chi connectivity index (χ3v) is 6.19. The van der Waals surface area contributed by atoms with Crippen LogP contribution in [0.15, 0.2) is 109 Å². The van der Waals surface area contributed by atoms with E-state index in [1.54, 1.807) is 0 Å². The Morgan fingerprint density at radius 3 is 2.00 bits per heavy atom. The fourth-order valence-corrected chi connectivity index (χ4v) is 4.47. The third-order valence-electron chi connectivity index (χ3n) is 6.19. The number of benzene rings is 5. The van der Waals surface area contributed by atoms with Crippen molar-refractivity contribution in [2.45, 2.75) is 20.0 Å². The Hall–Kier alpha value is -4.31. The molecule has 0 saturated heterocycles. The highest BCUT2D eigenvalue weighted by Gasteiger charge is 2.19. The summed E-state index contributed by atoms with van der Waals surface area (Å²) in [5.41, 5.74) is 3.00. The molecule has 0 aromatic heterocycles. The van der Waals surface area contributed by atoms with E-state index in [1.807, 2.05) is 66.4 Å². The fraction of sp³-hybridized carbons (Fsp3) is 0.129. The summed E-state index contributed by atoms with van der Waals surface area (Å²) in [6.07, 6.45) is 0. The molecule has 0 spiro atoms. The lowest BCUT2D eigenvalue weighted by Gasteiger charge is -2.25. The summed E-state index contributed by atoms with van der Waals surface area (Å²) in [6, 6.07) is 36.5. The zero-order valence-corrected chi connectivity index (χ0v) is 19.8. The van der Waals surface area contributed by atoms with Gasteiger partial charge in [0.05, 0.1) is 13.2 Å². The molecule has 35 heavy (non-hydrogen) atoms. The summed E-state index contributed by atoms with van der Waals surface area (Å²) in [5.74, 6) is 0.788. The number of rotatable bonds is 7. The van der Waals surface area contributed by atoms with Crippen LogP contribution in [0.1, 0.15) is 18.1 Å². The van der Waals surface area contributed by atoms with Gasteiger partial charge in [0.1, 0.15) is 5.75 Å². The first-order valence-electron chi connectivity index (χ1n) is 11.9. The molecule has 174 valence electrons. The van der Waals surface area contributed by atoms with Gasteiger partial charge in [0.15, 0.2) is 0 Å². The fourth-order valence-electron chi connectivity index (χ4n) is 4.47. The van der Waals surface area contributed by atoms with Gasteiger partial charge in [-0.2, -0.15) is 0 Å². The van der Waals surface area contributed by atoms with Crippen molar-refractivity contribution in [1.82, 2.24) is 5.32 Å². The van der Waals surface area contributed by atoms with Crippen molar-refractivity contribution in [2.24, 2.45) is 0 Å². The van der Waals surface area contributed by atoms with Gasteiger partial charge in [-0.25, -0.2) is 4.79 Å². The van der Waals surface area contributed by atoms with E-state index < -0.39 is 0 Å². The molecule has 0 saturated carbocycles. The number of amides is 2. The molecule has 0 fully saturated rings. The smallest absolute Gasteiger partial charge is 0.322 e. The SMILES string of the molecule is CCOc1ccc(N(Cc2c3ccccc3cc3ccccc23)C(=O)NCc2ccccc2)cc1. The molecule has 2 amide bonds. The first kappa shape index (κ1) is 22.5. The lowest BCUT2D eigenvalue weighted by atomic mass is 9.96. The highest BCUT2D eigenvalue weighted by Crippen LogP contribution is 2.31. The van der Waals surface area contributed by atoms with Crippen molar-refractivity contribution in [3.8, 4) is 5.75 Å². The van der Waals surface area contributed by atoms with Crippen molar-refractivity contribution in [3.63, 3.8) is 0 Å². The molecular formula is C31H28N2O2. The monoisotopic (exact) mass is 460 g/mol. The van der Waals surface area contributed by atoms with Gasteiger partial charge in [-0.15, -0.1) is 0 Å². The van der Waals surface area contributed by atoms with Crippen molar-refractivity contribution in [1.29, 1.82) is 0 Å². The van der Waals surface area contributed by atoms with Crippen LogP contribution in [0, 0.1) is 0 Å². The zero-order chi connectivity index (χ0) is 24.0. The van der Waals surface area contributed by atoms with E-state index in [-0.39, 0.29) is 6.03 Å². The number of urea groups is 1. The Kier molecular flexibility index (Phi) is 6.62. The van der Waals surface area contributed by atoms with Gasteiger partial charge in [0, 0.05) is 12.2 Å². The Morgan fingerprint density at radius 2 is 1.37 bits per heavy atom. The third kappa shape index (κ3) is 4.97. The molecule has 4 heteroatoms. The molecule has 0 heterocycles. The van der Waals surface area contributed by atoms with Gasteiger partial charge in [-0.05, 0) is 69.9 Å². The van der Waals surface area contributed by atoms with Crippen LogP contribution in [-0.2, 0) is 13.1 Å². The first-order chi connectivity index (χ1) is 17.2. The van der Waals surface area contributed by atoms with E-state index >= 15 is 0 Å². The van der Waals surface area contributed by atoms with Gasteiger partial charge in [-0.1, -0.05) is 78.9 Å². The van der Waals surface area contributed by atoms with Crippen LogP contribution in [0.25, 0.3) is 21.5 Å². The molecule has 0 atom stereocenters. The van der Waals surface area contributed by atoms with Crippen LogP contribution < -0.4 is 15.0 Å². The number of hydrogen-bond donors (Lipinski definition) is 1. The summed E-state index contributed by atoms with van der Waals surface area (Å²) in [4.78, 5) is 15.4. The molecule has 0 bridgehead atoms. The van der Waals surface area contributed by atoms with Gasteiger partial charge in [-0.3, -0.25) is 4.90 Å². The van der Waals surface area contributed by atoms with Crippen LogP contribution in [0.3, 0.4) is 0 Å². The van der Waals surface area contributed by atoms with E-state index in [2.05, 4.69) is 59.9 Å². The maximum Gasteiger partial charge on any atom is 0.322 e. The Morgan fingerprint density at radius 1 is 0.771 bits per heavy atom. The Bertz CT molecular complexity index is 1390. The number of carbonyl (C=O) groups excluding carboxylic acids is 1. The topological polar surface area (TPSA) is 41.6 Å². The highest BCUT2D eigenvalue weighted by molar-refractivity contribution is 6.03. The summed E-state index contributed by atoms with van der Waals surface area (Å²) in [7, 11) is 0. The maximum atomic E-state index is 13.6. The van der Waals surface area contributed by atoms with E-state index in [9.17, 15) is 4.79 Å². The molecule has 0 radical (unpaired) electrons. The molecule has 0 unspecified atom stereocenters. The number of hydrogen-bond acceptors (Lipinski definition) is 2. The van der Waals surface area contributed by atoms with E-state index in [1.165, 1.54) is 0 Å². The van der Waals surface area contributed by atoms with Gasteiger partial charge < -0.3 is 10.1 Å². The van der Waals surface area contributed by atoms with Crippen molar-refractivity contribution < 1.29 is 9.53 Å². The molecule has 0 aliphatic carbocycles. The minimum Gasteiger partial charge on any atom is -0.494 e. The first-order valence-corrected chi connectivity index (χ1v) is 11.9. The second-order valence-corrected chi connectivity index (χ2v) is 8.45. The molecule has 5 aromatic rings. The predicted molar refractivity (Wildman–Crippen MR) is 144 cm³/mol. The van der Waals surface area contributed by atoms with Crippen molar-refractivity contribution >= 4 is 33.3 Å². The molecular weight excluding hydrogens is 432 g/mol. The van der Waals surface area contributed by atoms with Crippen LogP contribution in [0.4, 0.5) is 10.5 Å². The molecule has 5 aromatic carbocycles. The van der Waals surface area contributed by atoms with E-state index in [0.29, 0.717) is 19.7 Å². The van der Waals surface area contributed by atoms with E-state index in [4.69, 9.17) is 4.74 Å². The standard InChI is InChI=1S/C31H28N2O2/c1-2-35-27-18-16-26(17-19-27)33(31(34)32-21-23-10-4-3-5-11-23)22-30-28-14-8-6-12-24(28)20-25-13-7-9-15-29(25)30/h3-20H,2,21-22H2,1H3,(H,32,34).